The van der Waals surface area contributed by atoms with E-state index in [1.165, 1.54) is 18.1 Å². The predicted octanol–water partition coefficient (Wildman–Crippen LogP) is 1.74. The smallest absolute Gasteiger partial charge is 0.337 e. The number of nitrogens with one attached hydrogen (secondary N) is 1. The molecule has 2 heterocycles. The summed E-state index contributed by atoms with van der Waals surface area (Å²) < 4.78 is 19.5. The highest BCUT2D eigenvalue weighted by molar-refractivity contribution is 6.08. The van der Waals surface area contributed by atoms with Crippen molar-refractivity contribution in [1.82, 2.24) is 4.90 Å². The number of β-amino-alcohol motifs (C(OH)–C–C–N with tert-alkyl or cyclic N) is 1. The molecule has 28 heavy (non-hydrogen) atoms. The predicted molar refractivity (Wildman–Crippen MR) is 103 cm³/mol. The Morgan fingerprint density at radius 3 is 2.68 bits per heavy atom. The van der Waals surface area contributed by atoms with Crippen LogP contribution in [0.5, 0.6) is 0 Å². The van der Waals surface area contributed by atoms with E-state index < -0.39 is 11.9 Å². The van der Waals surface area contributed by atoms with Gasteiger partial charge in [-0.2, -0.15) is 0 Å². The van der Waals surface area contributed by atoms with Gasteiger partial charge >= 0.3 is 5.97 Å². The fraction of sp³-hybridized carbons (Fsp3) is 0.500. The monoisotopic (exact) mass is 391 g/mol. The lowest BCUT2D eigenvalue weighted by Gasteiger charge is -2.32. The molecule has 1 amide bonds. The number of anilines is 2. The summed E-state index contributed by atoms with van der Waals surface area (Å²) in [4.78, 5) is 27.9. The van der Waals surface area contributed by atoms with Gasteiger partial charge in [-0.15, -0.1) is 0 Å². The van der Waals surface area contributed by atoms with Crippen molar-refractivity contribution in [3.8, 4) is 0 Å². The molecule has 0 atom stereocenters. The average Bonchev–Trinajstić information content (AvgIpc) is 2.98. The van der Waals surface area contributed by atoms with Gasteiger partial charge in [0.15, 0.2) is 0 Å². The summed E-state index contributed by atoms with van der Waals surface area (Å²) in [5.41, 5.74) is 1.14. The van der Waals surface area contributed by atoms with Crippen LogP contribution in [0.1, 0.15) is 19.8 Å². The second kappa shape index (κ2) is 8.60. The first-order chi connectivity index (χ1) is 13.4. The molecule has 0 aromatic heterocycles. The van der Waals surface area contributed by atoms with E-state index in [4.69, 9.17) is 9.84 Å². The van der Waals surface area contributed by atoms with Crippen LogP contribution >= 0.6 is 0 Å². The number of piperidine rings is 1. The van der Waals surface area contributed by atoms with Crippen molar-refractivity contribution in [2.24, 2.45) is 5.92 Å². The van der Waals surface area contributed by atoms with E-state index in [0.29, 0.717) is 17.3 Å². The maximum absolute atomic E-state index is 14.7. The number of esters is 1. The van der Waals surface area contributed by atoms with E-state index >= 15 is 0 Å². The number of halogens is 1. The van der Waals surface area contributed by atoms with Crippen LogP contribution in [0.15, 0.2) is 29.5 Å². The first-order valence-corrected chi connectivity index (χ1v) is 9.47. The summed E-state index contributed by atoms with van der Waals surface area (Å²) in [5.74, 6) is -0.781. The van der Waals surface area contributed by atoms with E-state index in [9.17, 15) is 14.0 Å². The summed E-state index contributed by atoms with van der Waals surface area (Å²) in [6.07, 6.45) is 2.06. The third-order valence-corrected chi connectivity index (χ3v) is 5.29. The molecule has 0 saturated carbocycles. The lowest BCUT2D eigenvalue weighted by molar-refractivity contribution is -0.136. The highest BCUT2D eigenvalue weighted by atomic mass is 19.1. The molecule has 0 unspecified atom stereocenters. The van der Waals surface area contributed by atoms with Crippen molar-refractivity contribution < 1.29 is 23.8 Å². The molecule has 1 aromatic carbocycles. The number of nitrogens with zero attached hydrogens (tertiary/aromatic N) is 2. The van der Waals surface area contributed by atoms with Crippen molar-refractivity contribution in [2.45, 2.75) is 19.8 Å². The quantitative estimate of drug-likeness (QED) is 0.719. The van der Waals surface area contributed by atoms with Crippen molar-refractivity contribution in [3.63, 3.8) is 0 Å². The fourth-order valence-corrected chi connectivity index (χ4v) is 3.58. The van der Waals surface area contributed by atoms with Gasteiger partial charge in [-0.05, 0) is 37.0 Å². The lowest BCUT2D eigenvalue weighted by Crippen LogP contribution is -2.33. The zero-order chi connectivity index (χ0) is 20.3. The zero-order valence-electron chi connectivity index (χ0n) is 16.2. The fourth-order valence-electron chi connectivity index (χ4n) is 3.58. The Hall–Kier alpha value is -2.61. The third kappa shape index (κ3) is 4.11. The summed E-state index contributed by atoms with van der Waals surface area (Å²) in [7, 11) is 1.24. The molecule has 152 valence electrons. The van der Waals surface area contributed by atoms with Crippen LogP contribution in [-0.4, -0.2) is 61.8 Å². The number of ether oxygens (including phenoxy) is 1. The number of hydrogen-bond acceptors (Lipinski definition) is 6. The van der Waals surface area contributed by atoms with Gasteiger partial charge < -0.3 is 25.0 Å². The minimum absolute atomic E-state index is 0.0426. The number of aliphatic hydroxyl groups excluding tert-OH is 1. The molecule has 1 fully saturated rings. The number of rotatable bonds is 6. The Morgan fingerprint density at radius 2 is 2.07 bits per heavy atom. The molecule has 0 spiro atoms. The summed E-state index contributed by atoms with van der Waals surface area (Å²) >= 11 is 0. The summed E-state index contributed by atoms with van der Waals surface area (Å²) in [6.45, 7) is 3.76. The van der Waals surface area contributed by atoms with Crippen molar-refractivity contribution in [2.75, 3.05) is 50.1 Å². The molecule has 2 aliphatic heterocycles. The van der Waals surface area contributed by atoms with E-state index in [2.05, 4.69) is 12.2 Å². The van der Waals surface area contributed by atoms with E-state index in [0.717, 1.165) is 25.9 Å². The standard InChI is InChI=1S/C20H26FN3O4/c1-13-5-7-23(8-6-13)17-4-3-14(11-16(17)21)22-18-15(20(27)28-2)12-24(9-10-25)19(18)26/h3-4,11,13,22,25H,5-10,12H2,1-2H3. The van der Waals surface area contributed by atoms with Gasteiger partial charge in [-0.3, -0.25) is 4.79 Å². The molecule has 0 aliphatic carbocycles. The molecule has 2 aliphatic rings. The molecular formula is C20H26FN3O4. The van der Waals surface area contributed by atoms with Crippen LogP contribution in [0.4, 0.5) is 15.8 Å². The SMILES string of the molecule is COC(=O)C1=C(Nc2ccc(N3CCC(C)CC3)c(F)c2)C(=O)N(CCO)C1. The van der Waals surface area contributed by atoms with Gasteiger partial charge in [-0.1, -0.05) is 6.92 Å². The van der Waals surface area contributed by atoms with Gasteiger partial charge in [0, 0.05) is 25.3 Å². The molecule has 1 saturated heterocycles. The Balaban J connectivity index is 1.80. The van der Waals surface area contributed by atoms with Crippen molar-refractivity contribution in [1.29, 1.82) is 0 Å². The largest absolute Gasteiger partial charge is 0.466 e. The number of benzene rings is 1. The first-order valence-electron chi connectivity index (χ1n) is 9.47. The number of methoxy groups -OCH3 is 1. The lowest BCUT2D eigenvalue weighted by atomic mass is 9.99. The first kappa shape index (κ1) is 20.1. The maximum Gasteiger partial charge on any atom is 0.337 e. The van der Waals surface area contributed by atoms with Crippen LogP contribution in [0.25, 0.3) is 0 Å². The molecule has 3 rings (SSSR count). The summed E-state index contributed by atoms with van der Waals surface area (Å²) in [5, 5.41) is 12.0. The van der Waals surface area contributed by atoms with Gasteiger partial charge in [0.05, 0.1) is 31.5 Å². The molecule has 0 radical (unpaired) electrons. The van der Waals surface area contributed by atoms with Gasteiger partial charge in [-0.25, -0.2) is 9.18 Å². The maximum atomic E-state index is 14.7. The van der Waals surface area contributed by atoms with Gasteiger partial charge in [0.25, 0.3) is 5.91 Å². The molecular weight excluding hydrogens is 365 g/mol. The van der Waals surface area contributed by atoms with Crippen molar-refractivity contribution >= 4 is 23.3 Å². The van der Waals surface area contributed by atoms with Crippen LogP contribution in [0.2, 0.25) is 0 Å². The van der Waals surface area contributed by atoms with Crippen LogP contribution in [0.3, 0.4) is 0 Å². The summed E-state index contributed by atoms with van der Waals surface area (Å²) in [6, 6.07) is 4.72. The number of carbonyl (C=O) groups excluding carboxylic acids is 2. The second-order valence-corrected chi connectivity index (χ2v) is 7.26. The minimum Gasteiger partial charge on any atom is -0.466 e. The molecule has 2 N–H and O–H groups in total. The minimum atomic E-state index is -0.629. The Bertz CT molecular complexity index is 788. The molecule has 1 aromatic rings. The molecule has 7 nitrogen and oxygen atoms in total. The topological polar surface area (TPSA) is 82.1 Å². The van der Waals surface area contributed by atoms with Crippen LogP contribution < -0.4 is 10.2 Å². The van der Waals surface area contributed by atoms with E-state index in [1.54, 1.807) is 12.1 Å². The average molecular weight is 391 g/mol. The van der Waals surface area contributed by atoms with Gasteiger partial charge in [0.2, 0.25) is 0 Å². The second-order valence-electron chi connectivity index (χ2n) is 7.26. The van der Waals surface area contributed by atoms with Crippen LogP contribution in [-0.2, 0) is 14.3 Å². The number of amides is 1. The number of aliphatic hydroxyl groups is 1. The Morgan fingerprint density at radius 1 is 1.36 bits per heavy atom. The third-order valence-electron chi connectivity index (χ3n) is 5.29. The number of carbonyl (C=O) groups is 2. The van der Waals surface area contributed by atoms with Crippen molar-refractivity contribution in [3.05, 3.63) is 35.3 Å². The zero-order valence-corrected chi connectivity index (χ0v) is 16.2. The number of hydrogen-bond donors (Lipinski definition) is 2. The molecule has 0 bridgehead atoms. The molecule has 8 heteroatoms. The van der Waals surface area contributed by atoms with E-state index in [-0.39, 0.29) is 36.8 Å². The van der Waals surface area contributed by atoms with Gasteiger partial charge in [0.1, 0.15) is 11.5 Å². The normalized spacial score (nSPS) is 18.1. The van der Waals surface area contributed by atoms with Crippen LogP contribution in [0, 0.1) is 11.7 Å². The highest BCUT2D eigenvalue weighted by Crippen LogP contribution is 2.29. The van der Waals surface area contributed by atoms with E-state index in [1.807, 2.05) is 4.90 Å². The Kier molecular flexibility index (Phi) is 6.18. The highest BCUT2D eigenvalue weighted by Gasteiger charge is 2.34. The Labute approximate surface area is 163 Å².